The molecule has 0 aliphatic rings. The third-order valence-electron chi connectivity index (χ3n) is 3.18. The molecule has 0 atom stereocenters. The number of thioether (sulfide) groups is 1. The number of allylic oxidation sites excluding steroid dienone is 1. The van der Waals surface area contributed by atoms with Crippen LogP contribution in [0.3, 0.4) is 0 Å². The second-order valence-corrected chi connectivity index (χ2v) is 6.69. The summed E-state index contributed by atoms with van der Waals surface area (Å²) >= 11 is 1.46. The van der Waals surface area contributed by atoms with E-state index in [4.69, 9.17) is 0 Å². The van der Waals surface area contributed by atoms with Crippen LogP contribution in [-0.2, 0) is 16.1 Å². The van der Waals surface area contributed by atoms with Crippen molar-refractivity contribution in [3.63, 3.8) is 0 Å². The Bertz CT molecular complexity index is 503. The monoisotopic (exact) mass is 334 g/mol. The first-order valence-electron chi connectivity index (χ1n) is 7.93. The van der Waals surface area contributed by atoms with E-state index in [9.17, 15) is 9.59 Å². The number of hydrogen-bond acceptors (Lipinski definition) is 3. The van der Waals surface area contributed by atoms with Gasteiger partial charge in [-0.3, -0.25) is 9.59 Å². The zero-order chi connectivity index (χ0) is 16.9. The van der Waals surface area contributed by atoms with Crippen LogP contribution >= 0.6 is 11.8 Å². The topological polar surface area (TPSA) is 58.2 Å². The first-order chi connectivity index (χ1) is 11.1. The van der Waals surface area contributed by atoms with Crippen LogP contribution < -0.4 is 10.6 Å². The quantitative estimate of drug-likeness (QED) is 0.611. The molecule has 2 amide bonds. The summed E-state index contributed by atoms with van der Waals surface area (Å²) in [5, 5.41) is 5.79. The van der Waals surface area contributed by atoms with Crippen LogP contribution in [-0.4, -0.2) is 24.1 Å². The summed E-state index contributed by atoms with van der Waals surface area (Å²) in [4.78, 5) is 24.1. The molecule has 0 saturated carbocycles. The number of rotatable bonds is 11. The number of carbonyl (C=O) groups excluding carboxylic acids is 2. The number of amides is 2. The summed E-state index contributed by atoms with van der Waals surface area (Å²) in [5.41, 5.74) is 1.11. The molecule has 0 aromatic heterocycles. The second kappa shape index (κ2) is 11.8. The largest absolute Gasteiger partial charge is 0.355 e. The predicted octanol–water partition coefficient (Wildman–Crippen LogP) is 3.25. The highest BCUT2D eigenvalue weighted by atomic mass is 32.2. The zero-order valence-electron chi connectivity index (χ0n) is 13.8. The van der Waals surface area contributed by atoms with Crippen LogP contribution in [0.1, 0.15) is 38.2 Å². The van der Waals surface area contributed by atoms with Gasteiger partial charge in [0.15, 0.2) is 0 Å². The van der Waals surface area contributed by atoms with Gasteiger partial charge < -0.3 is 10.6 Å². The van der Waals surface area contributed by atoms with Crippen molar-refractivity contribution in [3.8, 4) is 0 Å². The second-order valence-electron chi connectivity index (χ2n) is 5.41. The highest BCUT2D eigenvalue weighted by Gasteiger charge is 2.03. The standard InChI is InChI=1S/C18H26N2O2S/c1-15(2)23-14-18(22)19-12-8-4-7-11-17(21)20-13-16-9-5-3-6-10-16/h3,5-6,9-10H,1,4,7-8,11-14H2,2H3,(H,19,22)(H,20,21). The van der Waals surface area contributed by atoms with Crippen LogP contribution in [0.4, 0.5) is 0 Å². The highest BCUT2D eigenvalue weighted by molar-refractivity contribution is 8.03. The van der Waals surface area contributed by atoms with Crippen LogP contribution in [0, 0.1) is 0 Å². The van der Waals surface area contributed by atoms with E-state index < -0.39 is 0 Å². The molecule has 0 aliphatic carbocycles. The van der Waals surface area contributed by atoms with Gasteiger partial charge in [-0.05, 0) is 30.2 Å². The molecule has 2 N–H and O–H groups in total. The minimum absolute atomic E-state index is 0.0404. The SMILES string of the molecule is C=C(C)SCC(=O)NCCCCCC(=O)NCc1ccccc1. The molecule has 1 rings (SSSR count). The average molecular weight is 334 g/mol. The summed E-state index contributed by atoms with van der Waals surface area (Å²) < 4.78 is 0. The van der Waals surface area contributed by atoms with Gasteiger partial charge in [-0.15, -0.1) is 11.8 Å². The van der Waals surface area contributed by atoms with Gasteiger partial charge in [-0.2, -0.15) is 0 Å². The fraction of sp³-hybridized carbons (Fsp3) is 0.444. The molecule has 0 unspecified atom stereocenters. The Balaban J connectivity index is 1.97. The Labute approximate surface area is 143 Å². The van der Waals surface area contributed by atoms with Crippen LogP contribution in [0.25, 0.3) is 0 Å². The van der Waals surface area contributed by atoms with E-state index in [1.807, 2.05) is 37.3 Å². The van der Waals surface area contributed by atoms with E-state index in [-0.39, 0.29) is 11.8 Å². The van der Waals surface area contributed by atoms with Crippen molar-refractivity contribution >= 4 is 23.6 Å². The van der Waals surface area contributed by atoms with Gasteiger partial charge in [-0.25, -0.2) is 0 Å². The molecule has 23 heavy (non-hydrogen) atoms. The van der Waals surface area contributed by atoms with Gasteiger partial charge in [-0.1, -0.05) is 43.3 Å². The number of carbonyl (C=O) groups is 2. The molecule has 0 aliphatic heterocycles. The fourth-order valence-corrected chi connectivity index (χ4v) is 2.42. The van der Waals surface area contributed by atoms with E-state index in [0.717, 1.165) is 29.7 Å². The average Bonchev–Trinajstić information content (AvgIpc) is 2.55. The third kappa shape index (κ3) is 10.6. The minimum Gasteiger partial charge on any atom is -0.355 e. The number of unbranched alkanes of at least 4 members (excludes halogenated alkanes) is 2. The Hall–Kier alpha value is -1.75. The lowest BCUT2D eigenvalue weighted by Gasteiger charge is -2.06. The maximum atomic E-state index is 11.7. The normalized spacial score (nSPS) is 10.1. The lowest BCUT2D eigenvalue weighted by atomic mass is 10.2. The maximum absolute atomic E-state index is 11.7. The fourth-order valence-electron chi connectivity index (χ4n) is 1.94. The minimum atomic E-state index is 0.0404. The lowest BCUT2D eigenvalue weighted by Crippen LogP contribution is -2.26. The van der Waals surface area contributed by atoms with Gasteiger partial charge in [0.1, 0.15) is 0 Å². The molecular formula is C18H26N2O2S. The third-order valence-corrected chi connectivity index (χ3v) is 4.08. The van der Waals surface area contributed by atoms with Gasteiger partial charge in [0.25, 0.3) is 0 Å². The van der Waals surface area contributed by atoms with Crippen molar-refractivity contribution in [2.24, 2.45) is 0 Å². The van der Waals surface area contributed by atoms with Gasteiger partial charge in [0.2, 0.25) is 11.8 Å². The molecule has 1 aromatic carbocycles. The maximum Gasteiger partial charge on any atom is 0.230 e. The molecule has 0 fully saturated rings. The van der Waals surface area contributed by atoms with E-state index in [1.54, 1.807) is 0 Å². The predicted molar refractivity (Wildman–Crippen MR) is 97.0 cm³/mol. The number of benzene rings is 1. The van der Waals surface area contributed by atoms with Crippen molar-refractivity contribution in [2.75, 3.05) is 12.3 Å². The molecule has 5 heteroatoms. The Morgan fingerprint density at radius 3 is 2.48 bits per heavy atom. The molecule has 0 spiro atoms. The summed E-state index contributed by atoms with van der Waals surface area (Å²) in [5.74, 6) is 0.548. The Morgan fingerprint density at radius 1 is 1.04 bits per heavy atom. The Kier molecular flexibility index (Phi) is 9.87. The summed E-state index contributed by atoms with van der Waals surface area (Å²) in [6, 6.07) is 9.88. The molecule has 0 radical (unpaired) electrons. The van der Waals surface area contributed by atoms with Crippen molar-refractivity contribution in [3.05, 3.63) is 47.4 Å². The van der Waals surface area contributed by atoms with Crippen molar-refractivity contribution in [2.45, 2.75) is 39.2 Å². The van der Waals surface area contributed by atoms with E-state index in [0.29, 0.717) is 25.3 Å². The van der Waals surface area contributed by atoms with Crippen molar-refractivity contribution < 1.29 is 9.59 Å². The first kappa shape index (κ1) is 19.3. The number of hydrogen-bond donors (Lipinski definition) is 2. The zero-order valence-corrected chi connectivity index (χ0v) is 14.6. The summed E-state index contributed by atoms with van der Waals surface area (Å²) in [6.07, 6.45) is 3.21. The van der Waals surface area contributed by atoms with Gasteiger partial charge in [0, 0.05) is 19.5 Å². The van der Waals surface area contributed by atoms with Crippen molar-refractivity contribution in [1.29, 1.82) is 0 Å². The highest BCUT2D eigenvalue weighted by Crippen LogP contribution is 2.10. The lowest BCUT2D eigenvalue weighted by molar-refractivity contribution is -0.121. The van der Waals surface area contributed by atoms with Gasteiger partial charge >= 0.3 is 0 Å². The molecule has 0 heterocycles. The van der Waals surface area contributed by atoms with Crippen molar-refractivity contribution in [1.82, 2.24) is 10.6 Å². The van der Waals surface area contributed by atoms with Crippen LogP contribution in [0.5, 0.6) is 0 Å². The molecule has 0 saturated heterocycles. The summed E-state index contributed by atoms with van der Waals surface area (Å²) in [7, 11) is 0. The molecule has 1 aromatic rings. The molecular weight excluding hydrogens is 308 g/mol. The summed E-state index contributed by atoms with van der Waals surface area (Å²) in [6.45, 7) is 6.88. The van der Waals surface area contributed by atoms with Crippen LogP contribution in [0.15, 0.2) is 41.8 Å². The van der Waals surface area contributed by atoms with E-state index >= 15 is 0 Å². The van der Waals surface area contributed by atoms with E-state index in [1.165, 1.54) is 11.8 Å². The smallest absolute Gasteiger partial charge is 0.230 e. The Morgan fingerprint density at radius 2 is 1.78 bits per heavy atom. The molecule has 0 bridgehead atoms. The molecule has 126 valence electrons. The van der Waals surface area contributed by atoms with Crippen LogP contribution in [0.2, 0.25) is 0 Å². The molecule has 4 nitrogen and oxygen atoms in total. The number of nitrogens with one attached hydrogen (secondary N) is 2. The van der Waals surface area contributed by atoms with E-state index in [2.05, 4.69) is 17.2 Å². The van der Waals surface area contributed by atoms with Gasteiger partial charge in [0.05, 0.1) is 5.75 Å². The first-order valence-corrected chi connectivity index (χ1v) is 8.92.